The molecule has 0 bridgehead atoms. The van der Waals surface area contributed by atoms with E-state index in [1.54, 1.807) is 4.57 Å². The number of aromatic nitrogens is 2. The van der Waals surface area contributed by atoms with Gasteiger partial charge < -0.3 is 5.32 Å². The van der Waals surface area contributed by atoms with Crippen molar-refractivity contribution in [3.8, 4) is 0 Å². The van der Waals surface area contributed by atoms with E-state index in [-0.39, 0.29) is 29.7 Å². The maximum absolute atomic E-state index is 13.1. The van der Waals surface area contributed by atoms with Crippen molar-refractivity contribution in [3.05, 3.63) is 31.8 Å². The number of amides is 1. The van der Waals surface area contributed by atoms with Crippen LogP contribution in [0.2, 0.25) is 0 Å². The highest BCUT2D eigenvalue weighted by Crippen LogP contribution is 2.23. The Balaban J connectivity index is 1.92. The van der Waals surface area contributed by atoms with Crippen LogP contribution in [0.1, 0.15) is 70.1 Å². The number of aryl methyl sites for hydroxylation is 2. The summed E-state index contributed by atoms with van der Waals surface area (Å²) in [7, 11) is 0. The normalized spacial score (nSPS) is 15.2. The predicted octanol–water partition coefficient (Wildman–Crippen LogP) is 3.43. The van der Waals surface area contributed by atoms with Crippen molar-refractivity contribution in [3.63, 3.8) is 0 Å². The van der Waals surface area contributed by atoms with Gasteiger partial charge in [-0.3, -0.25) is 18.7 Å². The first-order valence-electron chi connectivity index (χ1n) is 10.6. The zero-order valence-electron chi connectivity index (χ0n) is 17.0. The highest BCUT2D eigenvalue weighted by Gasteiger charge is 2.20. The molecule has 0 aliphatic heterocycles. The Bertz CT molecular complexity index is 935. The van der Waals surface area contributed by atoms with Crippen LogP contribution in [0.3, 0.4) is 0 Å². The van der Waals surface area contributed by atoms with Crippen LogP contribution in [0, 0.1) is 0 Å². The fourth-order valence-corrected chi connectivity index (χ4v) is 5.05. The Morgan fingerprint density at radius 3 is 2.57 bits per heavy atom. The smallest absolute Gasteiger partial charge is 0.332 e. The Morgan fingerprint density at radius 2 is 1.89 bits per heavy atom. The molecular weight excluding hydrogens is 374 g/mol. The number of rotatable bonds is 8. The number of nitrogens with zero attached hydrogens (tertiary/aromatic N) is 2. The Labute approximate surface area is 169 Å². The summed E-state index contributed by atoms with van der Waals surface area (Å²) in [5.41, 5.74) is -0.710. The number of thiophene rings is 1. The van der Waals surface area contributed by atoms with Gasteiger partial charge in [-0.2, -0.15) is 0 Å². The van der Waals surface area contributed by atoms with Crippen LogP contribution in [0.5, 0.6) is 0 Å². The summed E-state index contributed by atoms with van der Waals surface area (Å²) < 4.78 is 2.82. The van der Waals surface area contributed by atoms with E-state index in [1.165, 1.54) is 17.8 Å². The van der Waals surface area contributed by atoms with Gasteiger partial charge in [-0.25, -0.2) is 4.79 Å². The number of fused-ring (bicyclic) bond motifs is 1. The van der Waals surface area contributed by atoms with E-state index in [0.717, 1.165) is 65.6 Å². The monoisotopic (exact) mass is 405 g/mol. The van der Waals surface area contributed by atoms with E-state index >= 15 is 0 Å². The molecule has 6 nitrogen and oxygen atoms in total. The Hall–Kier alpha value is -1.89. The second-order valence-corrected chi connectivity index (χ2v) is 8.84. The van der Waals surface area contributed by atoms with Gasteiger partial charge >= 0.3 is 5.69 Å². The summed E-state index contributed by atoms with van der Waals surface area (Å²) >= 11 is 1.52. The summed E-state index contributed by atoms with van der Waals surface area (Å²) in [6, 6.07) is 2.05. The third kappa shape index (κ3) is 4.57. The molecular formula is C21H31N3O3S. The summed E-state index contributed by atoms with van der Waals surface area (Å²) in [5.74, 6) is -0.239. The number of carbonyl (C=O) groups excluding carboxylic acids is 1. The molecule has 0 saturated heterocycles. The second kappa shape index (κ2) is 9.54. The average Bonchev–Trinajstić information content (AvgIpc) is 3.13. The minimum absolute atomic E-state index is 0.167. The summed E-state index contributed by atoms with van der Waals surface area (Å²) in [4.78, 5) is 40.4. The lowest BCUT2D eigenvalue weighted by Gasteiger charge is -2.23. The van der Waals surface area contributed by atoms with Gasteiger partial charge in [0.15, 0.2) is 0 Å². The molecule has 0 atom stereocenters. The maximum atomic E-state index is 13.1. The molecule has 1 aliphatic rings. The highest BCUT2D eigenvalue weighted by atomic mass is 32.1. The number of hydrogen-bond donors (Lipinski definition) is 1. The first-order valence-corrected chi connectivity index (χ1v) is 11.4. The largest absolute Gasteiger partial charge is 0.352 e. The lowest BCUT2D eigenvalue weighted by atomic mass is 9.95. The zero-order chi connectivity index (χ0) is 20.1. The molecule has 1 amide bonds. The first kappa shape index (κ1) is 20.8. The van der Waals surface area contributed by atoms with Crippen molar-refractivity contribution in [2.24, 2.45) is 0 Å². The summed E-state index contributed by atoms with van der Waals surface area (Å²) in [5, 5.41) is 3.57. The van der Waals surface area contributed by atoms with Gasteiger partial charge in [0.1, 0.15) is 11.4 Å². The third-order valence-corrected chi connectivity index (χ3v) is 6.85. The summed E-state index contributed by atoms with van der Waals surface area (Å²) in [6.07, 6.45) is 9.21. The standard InChI is InChI=1S/C21H31N3O3S/c1-3-5-9-12-23-20-17(13-16(4-2)28-20)19(26)24(21(23)27)14-18(25)22-15-10-7-6-8-11-15/h13,15H,3-12,14H2,1-2H3,(H,22,25). The molecule has 0 radical (unpaired) electrons. The van der Waals surface area contributed by atoms with Crippen LogP contribution in [0.25, 0.3) is 10.2 Å². The SMILES string of the molecule is CCCCCn1c(=O)n(CC(=O)NC2CCCCC2)c(=O)c2cc(CC)sc21. The number of nitrogens with one attached hydrogen (secondary N) is 1. The van der Waals surface area contributed by atoms with Crippen molar-refractivity contribution >= 4 is 27.5 Å². The van der Waals surface area contributed by atoms with Crippen LogP contribution >= 0.6 is 11.3 Å². The molecule has 1 fully saturated rings. The third-order valence-electron chi connectivity index (χ3n) is 5.55. The van der Waals surface area contributed by atoms with Crippen molar-refractivity contribution in [2.75, 3.05) is 0 Å². The molecule has 0 unspecified atom stereocenters. The van der Waals surface area contributed by atoms with Crippen LogP contribution in [-0.2, 0) is 24.3 Å². The van der Waals surface area contributed by atoms with Gasteiger partial charge in [0.25, 0.3) is 5.56 Å². The van der Waals surface area contributed by atoms with E-state index in [9.17, 15) is 14.4 Å². The Kier molecular flexibility index (Phi) is 7.10. The topological polar surface area (TPSA) is 73.1 Å². The van der Waals surface area contributed by atoms with E-state index < -0.39 is 0 Å². The maximum Gasteiger partial charge on any atom is 0.332 e. The molecule has 0 aromatic carbocycles. The van der Waals surface area contributed by atoms with Gasteiger partial charge in [-0.15, -0.1) is 11.3 Å². The second-order valence-electron chi connectivity index (χ2n) is 7.72. The highest BCUT2D eigenvalue weighted by molar-refractivity contribution is 7.18. The zero-order valence-corrected chi connectivity index (χ0v) is 17.8. The van der Waals surface area contributed by atoms with Crippen LogP contribution in [0.15, 0.2) is 15.7 Å². The minimum atomic E-state index is -0.364. The van der Waals surface area contributed by atoms with Gasteiger partial charge in [-0.05, 0) is 31.7 Å². The number of carbonyl (C=O) groups is 1. The van der Waals surface area contributed by atoms with Crippen molar-refractivity contribution in [1.29, 1.82) is 0 Å². The molecule has 28 heavy (non-hydrogen) atoms. The predicted molar refractivity (Wildman–Crippen MR) is 114 cm³/mol. The molecule has 2 aromatic heterocycles. The molecule has 1 N–H and O–H groups in total. The molecule has 1 saturated carbocycles. The van der Waals surface area contributed by atoms with Gasteiger partial charge in [0.05, 0.1) is 5.39 Å². The quantitative estimate of drug-likeness (QED) is 0.684. The van der Waals surface area contributed by atoms with Crippen molar-refractivity contribution in [2.45, 2.75) is 90.8 Å². The molecule has 7 heteroatoms. The van der Waals surface area contributed by atoms with Crippen molar-refractivity contribution in [1.82, 2.24) is 14.5 Å². The van der Waals surface area contributed by atoms with Crippen molar-refractivity contribution < 1.29 is 4.79 Å². The molecule has 2 heterocycles. The fraction of sp³-hybridized carbons (Fsp3) is 0.667. The Morgan fingerprint density at radius 1 is 1.14 bits per heavy atom. The van der Waals surface area contributed by atoms with Crippen LogP contribution in [-0.4, -0.2) is 21.1 Å². The lowest BCUT2D eigenvalue weighted by Crippen LogP contribution is -2.45. The number of unbranched alkanes of at least 4 members (excludes halogenated alkanes) is 2. The van der Waals surface area contributed by atoms with E-state index in [4.69, 9.17) is 0 Å². The van der Waals surface area contributed by atoms with E-state index in [2.05, 4.69) is 12.2 Å². The average molecular weight is 406 g/mol. The molecule has 3 rings (SSSR count). The van der Waals surface area contributed by atoms with Gasteiger partial charge in [0.2, 0.25) is 5.91 Å². The van der Waals surface area contributed by atoms with Crippen LogP contribution in [0.4, 0.5) is 0 Å². The van der Waals surface area contributed by atoms with E-state index in [0.29, 0.717) is 11.9 Å². The van der Waals surface area contributed by atoms with E-state index in [1.807, 2.05) is 13.0 Å². The fourth-order valence-electron chi connectivity index (χ4n) is 3.94. The summed E-state index contributed by atoms with van der Waals surface area (Å²) in [6.45, 7) is 4.54. The molecule has 154 valence electrons. The van der Waals surface area contributed by atoms with Crippen LogP contribution < -0.4 is 16.6 Å². The first-order chi connectivity index (χ1) is 13.5. The lowest BCUT2D eigenvalue weighted by molar-refractivity contribution is -0.122. The van der Waals surface area contributed by atoms with Gasteiger partial charge in [-0.1, -0.05) is 46.0 Å². The molecule has 1 aliphatic carbocycles. The molecule has 2 aromatic rings. The van der Waals surface area contributed by atoms with Gasteiger partial charge in [0, 0.05) is 17.5 Å². The number of hydrogen-bond acceptors (Lipinski definition) is 4. The minimum Gasteiger partial charge on any atom is -0.352 e. The molecule has 0 spiro atoms.